The molecular weight excluding hydrogens is 331 g/mol. The number of thiocyanates is 1. The third-order valence-corrected chi connectivity index (χ3v) is 1.98. The fourth-order valence-electron chi connectivity index (χ4n) is 0.854. The first kappa shape index (κ1) is 18.8. The summed E-state index contributed by atoms with van der Waals surface area (Å²) in [6.07, 6.45) is -0.806. The Bertz CT molecular complexity index is 470. The Morgan fingerprint density at radius 3 is 1.85 bits per heavy atom. The van der Waals surface area contributed by atoms with Crippen LogP contribution >= 0.6 is 7.81 Å². The zero-order valence-electron chi connectivity index (χ0n) is 9.85. The summed E-state index contributed by atoms with van der Waals surface area (Å²) in [6.45, 7) is 1.54. The van der Waals surface area contributed by atoms with Crippen molar-refractivity contribution < 1.29 is 35.0 Å². The van der Waals surface area contributed by atoms with Crippen LogP contribution in [-0.4, -0.2) is 11.4 Å². The van der Waals surface area contributed by atoms with E-state index in [0.717, 1.165) is 4.90 Å². The number of halogens is 6. The SMILES string of the molecule is CC(O)Oc1ccc([SH+]C#N)cc1.F[P-](F)(F)(F)(F)F. The van der Waals surface area contributed by atoms with E-state index >= 15 is 0 Å². The predicted octanol–water partition coefficient (Wildman–Crippen LogP) is 4.44. The molecule has 0 heterocycles. The second kappa shape index (κ2) is 5.68. The number of aliphatic hydroxyl groups is 1. The molecule has 1 N–H and O–H groups in total. The summed E-state index contributed by atoms with van der Waals surface area (Å²) >= 11 is 0.629. The minimum atomic E-state index is -10.7. The van der Waals surface area contributed by atoms with Gasteiger partial charge < -0.3 is 9.84 Å². The molecule has 0 amide bonds. The van der Waals surface area contributed by atoms with E-state index in [4.69, 9.17) is 15.1 Å². The monoisotopic (exact) mass is 341 g/mol. The van der Waals surface area contributed by atoms with E-state index < -0.39 is 14.1 Å². The number of rotatable bonds is 3. The number of ether oxygens (including phenoxy) is 1. The predicted molar refractivity (Wildman–Crippen MR) is 65.0 cm³/mol. The molecule has 0 saturated carbocycles. The van der Waals surface area contributed by atoms with Crippen LogP contribution < -0.4 is 4.74 Å². The fourth-order valence-corrected chi connectivity index (χ4v) is 1.27. The van der Waals surface area contributed by atoms with Crippen LogP contribution in [0, 0.1) is 10.7 Å². The van der Waals surface area contributed by atoms with Crippen molar-refractivity contribution in [3.8, 4) is 11.2 Å². The number of thiol groups is 1. The minimum absolute atomic E-state index is 0.604. The summed E-state index contributed by atoms with van der Waals surface area (Å²) in [6, 6.07) is 7.05. The summed E-state index contributed by atoms with van der Waals surface area (Å²) in [7, 11) is -10.7. The summed E-state index contributed by atoms with van der Waals surface area (Å²) in [5.74, 6) is 0.604. The van der Waals surface area contributed by atoms with Crippen LogP contribution in [0.3, 0.4) is 0 Å². The first-order chi connectivity index (χ1) is 8.67. The van der Waals surface area contributed by atoms with Gasteiger partial charge in [-0.25, -0.2) is 0 Å². The van der Waals surface area contributed by atoms with Crippen LogP contribution in [-0.2, 0) is 11.8 Å². The number of nitriles is 1. The van der Waals surface area contributed by atoms with Crippen molar-refractivity contribution >= 4 is 19.6 Å². The summed E-state index contributed by atoms with van der Waals surface area (Å²) in [5.41, 5.74) is 0. The van der Waals surface area contributed by atoms with E-state index in [2.05, 4.69) is 0 Å². The van der Waals surface area contributed by atoms with E-state index in [1.807, 2.05) is 5.40 Å². The number of hydrogen-bond acceptors (Lipinski definition) is 3. The Kier molecular flexibility index (Phi) is 5.34. The zero-order chi connectivity index (χ0) is 16.1. The maximum atomic E-state index is 9.87. The Morgan fingerprint density at radius 1 is 1.15 bits per heavy atom. The molecule has 0 spiro atoms. The zero-order valence-corrected chi connectivity index (χ0v) is 11.6. The molecule has 11 heteroatoms. The molecule has 116 valence electrons. The van der Waals surface area contributed by atoms with Crippen LogP contribution in [0.5, 0.6) is 5.75 Å². The molecule has 1 rings (SSSR count). The van der Waals surface area contributed by atoms with E-state index in [0.29, 0.717) is 17.5 Å². The van der Waals surface area contributed by atoms with Gasteiger partial charge in [-0.05, 0) is 31.2 Å². The van der Waals surface area contributed by atoms with Crippen molar-refractivity contribution in [1.82, 2.24) is 0 Å². The van der Waals surface area contributed by atoms with Crippen molar-refractivity contribution in [2.75, 3.05) is 0 Å². The van der Waals surface area contributed by atoms with Gasteiger partial charge >= 0.3 is 38.4 Å². The third kappa shape index (κ3) is 16.8. The molecule has 0 fully saturated rings. The topological polar surface area (TPSA) is 53.2 Å². The Labute approximate surface area is 114 Å². The molecule has 0 radical (unpaired) electrons. The number of nitrogens with zero attached hydrogens (tertiary/aromatic N) is 1. The quantitative estimate of drug-likeness (QED) is 0.221. The molecule has 0 aliphatic carbocycles. The Morgan fingerprint density at radius 2 is 1.55 bits per heavy atom. The van der Waals surface area contributed by atoms with E-state index in [1.165, 1.54) is 0 Å². The van der Waals surface area contributed by atoms with Gasteiger partial charge in [0.1, 0.15) is 17.5 Å². The van der Waals surface area contributed by atoms with E-state index in [-0.39, 0.29) is 0 Å². The van der Waals surface area contributed by atoms with E-state index in [1.54, 1.807) is 31.2 Å². The van der Waals surface area contributed by atoms with Gasteiger partial charge in [-0.3, -0.25) is 0 Å². The second-order valence-corrected chi connectivity index (χ2v) is 6.24. The van der Waals surface area contributed by atoms with Gasteiger partial charge in [0.05, 0.1) is 0 Å². The standard InChI is InChI=1S/C9H9NO2S.F6P/c1-7(11)12-8-2-4-9(5-3-8)13-6-10;1-7(2,3,4,5)6/h2-5,7,11H,1H3;/q;-1/p+1. The molecule has 1 aromatic carbocycles. The van der Waals surface area contributed by atoms with Gasteiger partial charge in [0.2, 0.25) is 0 Å². The summed E-state index contributed by atoms with van der Waals surface area (Å²) < 4.78 is 64.2. The molecule has 0 bridgehead atoms. The van der Waals surface area contributed by atoms with Crippen LogP contribution in [0.25, 0.3) is 0 Å². The van der Waals surface area contributed by atoms with Crippen LogP contribution in [0.4, 0.5) is 25.2 Å². The molecular formula is C9H10F6NO2PS. The average Bonchev–Trinajstić information content (AvgIpc) is 2.16. The normalized spacial score (nSPS) is 15.8. The number of benzene rings is 1. The Balaban J connectivity index is 0.000000441. The first-order valence-electron chi connectivity index (χ1n) is 4.78. The molecule has 0 aromatic heterocycles. The molecule has 20 heavy (non-hydrogen) atoms. The van der Waals surface area contributed by atoms with Crippen LogP contribution in [0.15, 0.2) is 29.2 Å². The molecule has 1 aromatic rings. The summed E-state index contributed by atoms with van der Waals surface area (Å²) in [5, 5.41) is 19.3. The van der Waals surface area contributed by atoms with Crippen molar-refractivity contribution in [3.63, 3.8) is 0 Å². The summed E-state index contributed by atoms with van der Waals surface area (Å²) in [4.78, 5) is 0.917. The molecule has 1 unspecified atom stereocenters. The second-order valence-electron chi connectivity index (χ2n) is 3.38. The molecule has 0 aliphatic heterocycles. The van der Waals surface area contributed by atoms with Crippen molar-refractivity contribution in [3.05, 3.63) is 24.3 Å². The number of hydrogen-bond donors (Lipinski definition) is 1. The third-order valence-electron chi connectivity index (χ3n) is 1.32. The van der Waals surface area contributed by atoms with Gasteiger partial charge in [-0.15, -0.1) is 5.26 Å². The van der Waals surface area contributed by atoms with Crippen molar-refractivity contribution in [1.29, 1.82) is 5.26 Å². The first-order valence-corrected chi connectivity index (χ1v) is 7.70. The molecule has 1 atom stereocenters. The van der Waals surface area contributed by atoms with Crippen molar-refractivity contribution in [2.24, 2.45) is 0 Å². The van der Waals surface area contributed by atoms with Gasteiger partial charge in [-0.1, -0.05) is 0 Å². The maximum absolute atomic E-state index is 10.7. The van der Waals surface area contributed by atoms with Gasteiger partial charge in [0, 0.05) is 0 Å². The van der Waals surface area contributed by atoms with Gasteiger partial charge in [0.25, 0.3) is 0 Å². The van der Waals surface area contributed by atoms with Crippen LogP contribution in [0.2, 0.25) is 0 Å². The average molecular weight is 341 g/mol. The van der Waals surface area contributed by atoms with Crippen molar-refractivity contribution in [2.45, 2.75) is 18.1 Å². The Hall–Kier alpha value is -1.17. The van der Waals surface area contributed by atoms with E-state index in [9.17, 15) is 25.2 Å². The van der Waals surface area contributed by atoms with Gasteiger partial charge in [0.15, 0.2) is 11.2 Å². The number of aliphatic hydroxyl groups excluding tert-OH is 1. The molecule has 0 aliphatic rings. The van der Waals surface area contributed by atoms with Gasteiger partial charge in [-0.2, -0.15) is 0 Å². The molecule has 3 nitrogen and oxygen atoms in total. The fraction of sp³-hybridized carbons (Fsp3) is 0.222. The molecule has 0 saturated heterocycles. The van der Waals surface area contributed by atoms with Crippen LogP contribution in [0.1, 0.15) is 6.92 Å².